The summed E-state index contributed by atoms with van der Waals surface area (Å²) in [4.78, 5) is 24.2. The van der Waals surface area contributed by atoms with Crippen molar-refractivity contribution in [3.05, 3.63) is 0 Å². The Morgan fingerprint density at radius 1 is 1.40 bits per heavy atom. The second kappa shape index (κ2) is 5.49. The number of alkyl halides is 1. The standard InChI is InChI=1S/C10H18BrNO3/c1-7(8(13)6-11)12(5)9(14)15-10(2,3)4/h7H,6H2,1-5H3/t7-/m1/s1. The summed E-state index contributed by atoms with van der Waals surface area (Å²) in [5.41, 5.74) is -0.539. The number of amides is 1. The van der Waals surface area contributed by atoms with Crippen LogP contribution in [0.15, 0.2) is 0 Å². The van der Waals surface area contributed by atoms with Crippen LogP contribution >= 0.6 is 15.9 Å². The van der Waals surface area contributed by atoms with Crippen LogP contribution in [0.5, 0.6) is 0 Å². The van der Waals surface area contributed by atoms with E-state index in [0.29, 0.717) is 0 Å². The molecule has 88 valence electrons. The predicted molar refractivity (Wildman–Crippen MR) is 62.3 cm³/mol. The Morgan fingerprint density at radius 3 is 2.20 bits per heavy atom. The number of carbonyl (C=O) groups excluding carboxylic acids is 2. The highest BCUT2D eigenvalue weighted by molar-refractivity contribution is 9.09. The summed E-state index contributed by atoms with van der Waals surface area (Å²) in [5.74, 6) is -0.0524. The van der Waals surface area contributed by atoms with Gasteiger partial charge in [0, 0.05) is 7.05 Å². The van der Waals surface area contributed by atoms with Crippen molar-refractivity contribution in [1.82, 2.24) is 4.90 Å². The zero-order valence-corrected chi connectivity index (χ0v) is 11.4. The number of ketones is 1. The van der Waals surface area contributed by atoms with E-state index in [4.69, 9.17) is 4.74 Å². The Bertz CT molecular complexity index is 248. The van der Waals surface area contributed by atoms with Crippen molar-refractivity contribution in [3.63, 3.8) is 0 Å². The maximum Gasteiger partial charge on any atom is 0.410 e. The third-order valence-corrected chi connectivity index (χ3v) is 2.41. The van der Waals surface area contributed by atoms with E-state index >= 15 is 0 Å². The van der Waals surface area contributed by atoms with E-state index in [1.807, 2.05) is 0 Å². The minimum Gasteiger partial charge on any atom is -0.444 e. The molecule has 1 amide bonds. The molecule has 0 heterocycles. The summed E-state index contributed by atoms with van der Waals surface area (Å²) in [6, 6.07) is -0.473. The zero-order valence-electron chi connectivity index (χ0n) is 9.83. The van der Waals surface area contributed by atoms with Crippen molar-refractivity contribution in [2.75, 3.05) is 12.4 Å². The van der Waals surface area contributed by atoms with Gasteiger partial charge in [-0.1, -0.05) is 15.9 Å². The van der Waals surface area contributed by atoms with Gasteiger partial charge in [0.2, 0.25) is 0 Å². The lowest BCUT2D eigenvalue weighted by Crippen LogP contribution is -2.43. The van der Waals surface area contributed by atoms with Crippen LogP contribution in [0.25, 0.3) is 0 Å². The van der Waals surface area contributed by atoms with Crippen LogP contribution in [0.3, 0.4) is 0 Å². The molecule has 0 saturated heterocycles. The molecule has 0 unspecified atom stereocenters. The van der Waals surface area contributed by atoms with Crippen LogP contribution in [0.4, 0.5) is 4.79 Å². The fourth-order valence-electron chi connectivity index (χ4n) is 0.820. The molecule has 0 aromatic rings. The van der Waals surface area contributed by atoms with Crippen molar-refractivity contribution in [3.8, 4) is 0 Å². The second-order valence-electron chi connectivity index (χ2n) is 4.37. The number of hydrogen-bond acceptors (Lipinski definition) is 3. The number of ether oxygens (including phenoxy) is 1. The normalized spacial score (nSPS) is 13.2. The van der Waals surface area contributed by atoms with Gasteiger partial charge in [-0.3, -0.25) is 4.79 Å². The van der Waals surface area contributed by atoms with Gasteiger partial charge in [0.05, 0.1) is 11.4 Å². The lowest BCUT2D eigenvalue weighted by molar-refractivity contribution is -0.120. The summed E-state index contributed by atoms with van der Waals surface area (Å²) in [7, 11) is 1.55. The molecular formula is C10H18BrNO3. The first-order valence-electron chi connectivity index (χ1n) is 4.73. The Kier molecular flexibility index (Phi) is 5.28. The van der Waals surface area contributed by atoms with Crippen molar-refractivity contribution in [1.29, 1.82) is 0 Å². The van der Waals surface area contributed by atoms with Gasteiger partial charge in [0.1, 0.15) is 5.60 Å². The molecule has 0 saturated carbocycles. The number of carbonyl (C=O) groups is 2. The van der Waals surface area contributed by atoms with Crippen LogP contribution < -0.4 is 0 Å². The minimum absolute atomic E-state index is 0.0524. The maximum absolute atomic E-state index is 11.6. The Hall–Kier alpha value is -0.580. The summed E-state index contributed by atoms with van der Waals surface area (Å²) in [5, 5.41) is 0.237. The zero-order chi connectivity index (χ0) is 12.2. The van der Waals surface area contributed by atoms with Gasteiger partial charge in [-0.2, -0.15) is 0 Å². The molecule has 0 aromatic heterocycles. The average Bonchev–Trinajstić information content (AvgIpc) is 2.11. The van der Waals surface area contributed by atoms with Crippen molar-refractivity contribution in [2.24, 2.45) is 0 Å². The van der Waals surface area contributed by atoms with Gasteiger partial charge in [-0.25, -0.2) is 4.79 Å². The smallest absolute Gasteiger partial charge is 0.410 e. The number of hydrogen-bond donors (Lipinski definition) is 0. The van der Waals surface area contributed by atoms with Crippen LogP contribution in [0, 0.1) is 0 Å². The first-order chi connectivity index (χ1) is 6.69. The molecule has 5 heteroatoms. The topological polar surface area (TPSA) is 46.6 Å². The molecule has 0 aromatic carbocycles. The predicted octanol–water partition coefficient (Wildman–Crippen LogP) is 2.21. The molecule has 4 nitrogen and oxygen atoms in total. The number of Topliss-reactive ketones (excluding diaryl/α,β-unsaturated/α-hetero) is 1. The first-order valence-corrected chi connectivity index (χ1v) is 5.85. The van der Waals surface area contributed by atoms with Crippen LogP contribution in [-0.2, 0) is 9.53 Å². The molecule has 1 atom stereocenters. The highest BCUT2D eigenvalue weighted by atomic mass is 79.9. The summed E-state index contributed by atoms with van der Waals surface area (Å²) < 4.78 is 5.13. The van der Waals surface area contributed by atoms with Crippen LogP contribution in [-0.4, -0.2) is 40.8 Å². The Labute approximate surface area is 99.1 Å². The molecule has 0 rings (SSSR count). The van der Waals surface area contributed by atoms with E-state index in [9.17, 15) is 9.59 Å². The monoisotopic (exact) mass is 279 g/mol. The molecule has 0 fully saturated rings. The molecule has 0 radical (unpaired) electrons. The van der Waals surface area contributed by atoms with E-state index in [0.717, 1.165) is 0 Å². The molecule has 0 spiro atoms. The van der Waals surface area contributed by atoms with Gasteiger partial charge in [-0.05, 0) is 27.7 Å². The van der Waals surface area contributed by atoms with Crippen LogP contribution in [0.2, 0.25) is 0 Å². The molecule has 0 bridgehead atoms. The second-order valence-corrected chi connectivity index (χ2v) is 4.93. The fourth-order valence-corrected chi connectivity index (χ4v) is 1.29. The number of rotatable bonds is 3. The molecule has 0 N–H and O–H groups in total. The lowest BCUT2D eigenvalue weighted by atomic mass is 10.2. The van der Waals surface area contributed by atoms with Gasteiger partial charge in [0.15, 0.2) is 5.78 Å². The van der Waals surface area contributed by atoms with Crippen molar-refractivity contribution < 1.29 is 14.3 Å². The molecule has 0 aliphatic carbocycles. The first kappa shape index (κ1) is 14.4. The summed E-state index contributed by atoms with van der Waals surface area (Å²) in [6.07, 6.45) is -0.482. The SMILES string of the molecule is C[C@H](C(=O)CBr)N(C)C(=O)OC(C)(C)C. The van der Waals surface area contributed by atoms with E-state index in [1.54, 1.807) is 34.7 Å². The summed E-state index contributed by atoms with van der Waals surface area (Å²) in [6.45, 7) is 7.04. The van der Waals surface area contributed by atoms with Crippen molar-refractivity contribution >= 4 is 27.8 Å². The van der Waals surface area contributed by atoms with E-state index in [-0.39, 0.29) is 11.1 Å². The van der Waals surface area contributed by atoms with Gasteiger partial charge < -0.3 is 9.64 Å². The van der Waals surface area contributed by atoms with Gasteiger partial charge in [-0.15, -0.1) is 0 Å². The summed E-state index contributed by atoms with van der Waals surface area (Å²) >= 11 is 3.07. The molecule has 15 heavy (non-hydrogen) atoms. The minimum atomic E-state index is -0.539. The molecule has 0 aliphatic heterocycles. The van der Waals surface area contributed by atoms with Crippen LogP contribution in [0.1, 0.15) is 27.7 Å². The Morgan fingerprint density at radius 2 is 1.87 bits per heavy atom. The fraction of sp³-hybridized carbons (Fsp3) is 0.800. The number of halogens is 1. The highest BCUT2D eigenvalue weighted by Gasteiger charge is 2.25. The van der Waals surface area contributed by atoms with Crippen molar-refractivity contribution in [2.45, 2.75) is 39.3 Å². The van der Waals surface area contributed by atoms with Gasteiger partial charge in [0.25, 0.3) is 0 Å². The maximum atomic E-state index is 11.6. The van der Waals surface area contributed by atoms with E-state index < -0.39 is 17.7 Å². The van der Waals surface area contributed by atoms with Gasteiger partial charge >= 0.3 is 6.09 Å². The third-order valence-electron chi connectivity index (χ3n) is 1.86. The average molecular weight is 280 g/mol. The third kappa shape index (κ3) is 5.16. The van der Waals surface area contributed by atoms with E-state index in [2.05, 4.69) is 15.9 Å². The largest absolute Gasteiger partial charge is 0.444 e. The molecular weight excluding hydrogens is 262 g/mol. The number of likely N-dealkylation sites (N-methyl/N-ethyl adjacent to an activating group) is 1. The lowest BCUT2D eigenvalue weighted by Gasteiger charge is -2.27. The van der Waals surface area contributed by atoms with E-state index in [1.165, 1.54) is 4.90 Å². The molecule has 0 aliphatic rings. The quantitative estimate of drug-likeness (QED) is 0.745. The highest BCUT2D eigenvalue weighted by Crippen LogP contribution is 2.11. The Balaban J connectivity index is 4.39. The number of nitrogens with zero attached hydrogens (tertiary/aromatic N) is 1.